The summed E-state index contributed by atoms with van der Waals surface area (Å²) in [4.78, 5) is 18.2. The van der Waals surface area contributed by atoms with Crippen LogP contribution in [-0.2, 0) is 0 Å². The highest BCUT2D eigenvalue weighted by molar-refractivity contribution is 7.13. The number of aromatic carboxylic acids is 1. The third kappa shape index (κ3) is 1.99. The van der Waals surface area contributed by atoms with Gasteiger partial charge in [0, 0.05) is 5.38 Å². The maximum atomic E-state index is 12.6. The van der Waals surface area contributed by atoms with Crippen LogP contribution in [0.15, 0.2) is 23.7 Å². The number of carbonyl (C=O) groups is 1. The number of hydrogen-bond donors (Lipinski definition) is 1. The molecule has 0 aliphatic carbocycles. The number of halogens is 1. The summed E-state index contributed by atoms with van der Waals surface area (Å²) in [5.41, 5.74) is 0.440. The van der Waals surface area contributed by atoms with Crippen molar-refractivity contribution in [3.8, 4) is 10.7 Å². The van der Waals surface area contributed by atoms with Gasteiger partial charge in [-0.2, -0.15) is 0 Å². The van der Waals surface area contributed by atoms with Gasteiger partial charge < -0.3 is 5.11 Å². The molecule has 76 valence electrons. The lowest BCUT2D eigenvalue weighted by atomic mass is 10.3. The van der Waals surface area contributed by atoms with Crippen molar-refractivity contribution < 1.29 is 14.3 Å². The van der Waals surface area contributed by atoms with Crippen molar-refractivity contribution in [3.05, 3.63) is 35.2 Å². The van der Waals surface area contributed by atoms with Crippen LogP contribution in [0.4, 0.5) is 4.39 Å². The van der Waals surface area contributed by atoms with E-state index in [4.69, 9.17) is 5.11 Å². The van der Waals surface area contributed by atoms with E-state index in [1.165, 1.54) is 17.5 Å². The summed E-state index contributed by atoms with van der Waals surface area (Å²) >= 11 is 1.16. The Morgan fingerprint density at radius 3 is 2.80 bits per heavy atom. The van der Waals surface area contributed by atoms with Crippen LogP contribution in [0.5, 0.6) is 0 Å². The highest BCUT2D eigenvalue weighted by Gasteiger charge is 2.10. The van der Waals surface area contributed by atoms with Crippen molar-refractivity contribution in [1.29, 1.82) is 0 Å². The van der Waals surface area contributed by atoms with Crippen LogP contribution in [0.25, 0.3) is 10.7 Å². The molecule has 4 nitrogen and oxygen atoms in total. The van der Waals surface area contributed by atoms with Crippen LogP contribution in [0.2, 0.25) is 0 Å². The molecule has 2 heterocycles. The Labute approximate surface area is 88.1 Å². The first kappa shape index (κ1) is 9.72. The highest BCUT2D eigenvalue weighted by atomic mass is 32.1. The van der Waals surface area contributed by atoms with Gasteiger partial charge in [0.2, 0.25) is 0 Å². The summed E-state index contributed by atoms with van der Waals surface area (Å²) in [5, 5.41) is 10.5. The van der Waals surface area contributed by atoms with Gasteiger partial charge in [-0.3, -0.25) is 4.98 Å². The van der Waals surface area contributed by atoms with E-state index in [0.717, 1.165) is 17.5 Å². The van der Waals surface area contributed by atoms with Gasteiger partial charge in [0.25, 0.3) is 0 Å². The molecule has 0 atom stereocenters. The Kier molecular flexibility index (Phi) is 2.42. The molecular formula is C9H5FN2O2S. The van der Waals surface area contributed by atoms with Crippen LogP contribution in [0.1, 0.15) is 10.5 Å². The Hall–Kier alpha value is -1.82. The molecule has 0 aliphatic heterocycles. The number of pyridine rings is 1. The molecule has 0 aliphatic rings. The average molecular weight is 224 g/mol. The van der Waals surface area contributed by atoms with Gasteiger partial charge in [0.05, 0.1) is 11.9 Å². The molecule has 0 saturated carbocycles. The van der Waals surface area contributed by atoms with E-state index in [2.05, 4.69) is 9.97 Å². The second-order valence-corrected chi connectivity index (χ2v) is 3.56. The molecule has 15 heavy (non-hydrogen) atoms. The molecule has 0 amide bonds. The number of carboxylic acid groups (broad SMARTS) is 1. The van der Waals surface area contributed by atoms with Gasteiger partial charge in [-0.15, -0.1) is 11.3 Å². The summed E-state index contributed by atoms with van der Waals surface area (Å²) in [6.45, 7) is 0. The van der Waals surface area contributed by atoms with Crippen LogP contribution >= 0.6 is 11.3 Å². The third-order valence-corrected chi connectivity index (χ3v) is 2.53. The molecule has 1 N–H and O–H groups in total. The lowest BCUT2D eigenvalue weighted by Gasteiger charge is -1.93. The number of thiazole rings is 1. The van der Waals surface area contributed by atoms with Crippen molar-refractivity contribution in [2.75, 3.05) is 0 Å². The van der Waals surface area contributed by atoms with Gasteiger partial charge >= 0.3 is 5.97 Å². The van der Waals surface area contributed by atoms with Crippen molar-refractivity contribution in [1.82, 2.24) is 9.97 Å². The summed E-state index contributed by atoms with van der Waals surface area (Å²) in [6, 6.07) is 2.71. The SMILES string of the molecule is O=C(O)c1csc(-c2ccc(F)cn2)n1. The molecule has 6 heteroatoms. The lowest BCUT2D eigenvalue weighted by Crippen LogP contribution is -1.95. The molecular weight excluding hydrogens is 219 g/mol. The number of nitrogens with zero attached hydrogens (tertiary/aromatic N) is 2. The fourth-order valence-electron chi connectivity index (χ4n) is 0.992. The maximum absolute atomic E-state index is 12.6. The summed E-state index contributed by atoms with van der Waals surface area (Å²) < 4.78 is 12.6. The maximum Gasteiger partial charge on any atom is 0.355 e. The standard InChI is InChI=1S/C9H5FN2O2S/c10-5-1-2-6(11-3-5)8-12-7(4-15-8)9(13)14/h1-4H,(H,13,14). The lowest BCUT2D eigenvalue weighted by molar-refractivity contribution is 0.0691. The van der Waals surface area contributed by atoms with E-state index in [9.17, 15) is 9.18 Å². The van der Waals surface area contributed by atoms with E-state index in [0.29, 0.717) is 10.7 Å². The Bertz CT molecular complexity index is 495. The second kappa shape index (κ2) is 3.74. The third-order valence-electron chi connectivity index (χ3n) is 1.67. The predicted molar refractivity (Wildman–Crippen MR) is 52.3 cm³/mol. The number of rotatable bonds is 2. The minimum atomic E-state index is -1.08. The number of aromatic nitrogens is 2. The number of hydrogen-bond acceptors (Lipinski definition) is 4. The molecule has 0 saturated heterocycles. The van der Waals surface area contributed by atoms with Gasteiger partial charge in [-0.1, -0.05) is 0 Å². The van der Waals surface area contributed by atoms with Crippen LogP contribution in [0, 0.1) is 5.82 Å². The van der Waals surface area contributed by atoms with Crippen molar-refractivity contribution in [2.24, 2.45) is 0 Å². The Morgan fingerprint density at radius 2 is 2.27 bits per heavy atom. The average Bonchev–Trinajstić information content (AvgIpc) is 2.68. The highest BCUT2D eigenvalue weighted by Crippen LogP contribution is 2.21. The predicted octanol–water partition coefficient (Wildman–Crippen LogP) is 2.04. The van der Waals surface area contributed by atoms with Gasteiger partial charge in [0.1, 0.15) is 10.8 Å². The zero-order chi connectivity index (χ0) is 10.8. The van der Waals surface area contributed by atoms with Gasteiger partial charge in [-0.25, -0.2) is 14.2 Å². The van der Waals surface area contributed by atoms with E-state index in [1.54, 1.807) is 0 Å². The summed E-state index contributed by atoms with van der Waals surface area (Å²) in [5.74, 6) is -1.52. The summed E-state index contributed by atoms with van der Waals surface area (Å²) in [6.07, 6.45) is 1.07. The number of carboxylic acids is 1. The molecule has 0 aromatic carbocycles. The van der Waals surface area contributed by atoms with Crippen molar-refractivity contribution in [2.45, 2.75) is 0 Å². The van der Waals surface area contributed by atoms with Crippen molar-refractivity contribution in [3.63, 3.8) is 0 Å². The van der Waals surface area contributed by atoms with E-state index in [-0.39, 0.29) is 5.69 Å². The molecule has 0 fully saturated rings. The molecule has 2 rings (SSSR count). The quantitative estimate of drug-likeness (QED) is 0.847. The fourth-order valence-corrected chi connectivity index (χ4v) is 1.76. The zero-order valence-electron chi connectivity index (χ0n) is 7.35. The van der Waals surface area contributed by atoms with E-state index in [1.807, 2.05) is 0 Å². The first-order valence-electron chi connectivity index (χ1n) is 3.97. The summed E-state index contributed by atoms with van der Waals surface area (Å²) in [7, 11) is 0. The first-order chi connectivity index (χ1) is 7.16. The monoisotopic (exact) mass is 224 g/mol. The topological polar surface area (TPSA) is 63.1 Å². The van der Waals surface area contributed by atoms with Crippen LogP contribution in [-0.4, -0.2) is 21.0 Å². The second-order valence-electron chi connectivity index (χ2n) is 2.70. The van der Waals surface area contributed by atoms with E-state index < -0.39 is 11.8 Å². The molecule has 0 unspecified atom stereocenters. The van der Waals surface area contributed by atoms with Crippen LogP contribution < -0.4 is 0 Å². The van der Waals surface area contributed by atoms with Crippen LogP contribution in [0.3, 0.4) is 0 Å². The largest absolute Gasteiger partial charge is 0.476 e. The van der Waals surface area contributed by atoms with Gasteiger partial charge in [-0.05, 0) is 12.1 Å². The molecule has 0 spiro atoms. The molecule has 0 radical (unpaired) electrons. The molecule has 2 aromatic rings. The first-order valence-corrected chi connectivity index (χ1v) is 4.85. The van der Waals surface area contributed by atoms with E-state index >= 15 is 0 Å². The minimum absolute atomic E-state index is 0.0267. The zero-order valence-corrected chi connectivity index (χ0v) is 8.16. The molecule has 2 aromatic heterocycles. The Morgan fingerprint density at radius 1 is 1.47 bits per heavy atom. The normalized spacial score (nSPS) is 10.2. The van der Waals surface area contributed by atoms with Gasteiger partial charge in [0.15, 0.2) is 5.69 Å². The minimum Gasteiger partial charge on any atom is -0.476 e. The fraction of sp³-hybridized carbons (Fsp3) is 0. The Balaban J connectivity index is 2.37. The van der Waals surface area contributed by atoms with Crippen molar-refractivity contribution >= 4 is 17.3 Å². The molecule has 0 bridgehead atoms. The smallest absolute Gasteiger partial charge is 0.355 e.